The Hall–Kier alpha value is -1.44. The van der Waals surface area contributed by atoms with E-state index in [1.54, 1.807) is 22.2 Å². The lowest BCUT2D eigenvalue weighted by molar-refractivity contribution is 0.0754. The van der Waals surface area contributed by atoms with Gasteiger partial charge in [0.25, 0.3) is 5.91 Å². The van der Waals surface area contributed by atoms with Gasteiger partial charge in [-0.25, -0.2) is 4.98 Å². The highest BCUT2D eigenvalue weighted by Gasteiger charge is 2.25. The molecule has 148 valence electrons. The topological polar surface area (TPSA) is 54.3 Å². The van der Waals surface area contributed by atoms with Crippen molar-refractivity contribution >= 4 is 28.8 Å². The Morgan fingerprint density at radius 2 is 2.04 bits per heavy atom. The Balaban J connectivity index is 1.61. The lowest BCUT2D eigenvalue weighted by atomic mass is 9.98. The average Bonchev–Trinajstić information content (AvgIpc) is 3.16. The monoisotopic (exact) mass is 409 g/mol. The van der Waals surface area contributed by atoms with Crippen LogP contribution in [0.25, 0.3) is 0 Å². The smallest absolute Gasteiger partial charge is 0.275 e. The summed E-state index contributed by atoms with van der Waals surface area (Å²) in [7, 11) is 0. The molecule has 0 bridgehead atoms. The zero-order chi connectivity index (χ0) is 19.6. The normalized spacial score (nSPS) is 16.6. The third-order valence-corrected chi connectivity index (χ3v) is 6.29. The molecule has 0 N–H and O–H groups in total. The second kappa shape index (κ2) is 8.29. The number of amides is 1. The number of hydrogen-bond acceptors (Lipinski definition) is 5. The maximum atomic E-state index is 12.8. The minimum absolute atomic E-state index is 0.0715. The largest absolute Gasteiger partial charge is 0.336 e. The van der Waals surface area contributed by atoms with Crippen LogP contribution >= 0.6 is 22.9 Å². The molecule has 0 aliphatic carbocycles. The highest BCUT2D eigenvalue weighted by Crippen LogP contribution is 2.26. The van der Waals surface area contributed by atoms with Crippen LogP contribution in [0, 0.1) is 0 Å². The van der Waals surface area contributed by atoms with Gasteiger partial charge in [-0.05, 0) is 13.3 Å². The summed E-state index contributed by atoms with van der Waals surface area (Å²) >= 11 is 7.94. The first-order valence-corrected chi connectivity index (χ1v) is 10.7. The van der Waals surface area contributed by atoms with Crippen LogP contribution in [0.2, 0.25) is 5.02 Å². The maximum Gasteiger partial charge on any atom is 0.275 e. The molecule has 0 radical (unpaired) electrons. The van der Waals surface area contributed by atoms with Crippen molar-refractivity contribution in [2.24, 2.45) is 0 Å². The van der Waals surface area contributed by atoms with Crippen LogP contribution in [-0.2, 0) is 18.5 Å². The number of nitrogens with zero attached hydrogens (tertiary/aromatic N) is 5. The van der Waals surface area contributed by atoms with Gasteiger partial charge in [-0.3, -0.25) is 14.4 Å². The Bertz CT molecular complexity index is 794. The van der Waals surface area contributed by atoms with Crippen molar-refractivity contribution in [1.29, 1.82) is 0 Å². The van der Waals surface area contributed by atoms with E-state index < -0.39 is 0 Å². The number of rotatable bonds is 4. The van der Waals surface area contributed by atoms with E-state index in [-0.39, 0.29) is 11.3 Å². The van der Waals surface area contributed by atoms with E-state index >= 15 is 0 Å². The zero-order valence-corrected chi connectivity index (χ0v) is 18.1. The maximum absolute atomic E-state index is 12.8. The lowest BCUT2D eigenvalue weighted by Crippen LogP contribution is -2.35. The predicted octanol–water partition coefficient (Wildman–Crippen LogP) is 3.66. The van der Waals surface area contributed by atoms with Gasteiger partial charge in [0.15, 0.2) is 5.69 Å². The molecule has 0 aromatic carbocycles. The fraction of sp³-hybridized carbons (Fsp3) is 0.632. The molecule has 0 unspecified atom stereocenters. The molecule has 1 fully saturated rings. The van der Waals surface area contributed by atoms with E-state index in [0.29, 0.717) is 23.8 Å². The SMILES string of the molecule is CCn1cc(Cl)c(C(=O)N2CCCN(Cc3csc(C(C)(C)C)n3)CC2)n1. The zero-order valence-electron chi connectivity index (χ0n) is 16.5. The Morgan fingerprint density at radius 3 is 2.67 bits per heavy atom. The van der Waals surface area contributed by atoms with Gasteiger partial charge in [-0.1, -0.05) is 32.4 Å². The van der Waals surface area contributed by atoms with E-state index in [2.05, 4.69) is 36.1 Å². The summed E-state index contributed by atoms with van der Waals surface area (Å²) in [5.41, 5.74) is 1.57. The summed E-state index contributed by atoms with van der Waals surface area (Å²) in [4.78, 5) is 21.9. The summed E-state index contributed by atoms with van der Waals surface area (Å²) < 4.78 is 1.70. The highest BCUT2D eigenvalue weighted by atomic mass is 35.5. The Labute approximate surface area is 170 Å². The van der Waals surface area contributed by atoms with Gasteiger partial charge in [-0.15, -0.1) is 11.3 Å². The number of halogens is 1. The lowest BCUT2D eigenvalue weighted by Gasteiger charge is -2.21. The average molecular weight is 410 g/mol. The number of thiazole rings is 1. The van der Waals surface area contributed by atoms with Gasteiger partial charge in [0.1, 0.15) is 0 Å². The van der Waals surface area contributed by atoms with Crippen LogP contribution in [0.3, 0.4) is 0 Å². The van der Waals surface area contributed by atoms with E-state index in [1.807, 2.05) is 11.8 Å². The van der Waals surface area contributed by atoms with Gasteiger partial charge in [-0.2, -0.15) is 5.10 Å². The number of aromatic nitrogens is 3. The number of hydrogen-bond donors (Lipinski definition) is 0. The summed E-state index contributed by atoms with van der Waals surface area (Å²) in [6.07, 6.45) is 2.65. The molecule has 3 heterocycles. The molecule has 0 atom stereocenters. The van der Waals surface area contributed by atoms with Gasteiger partial charge in [0.2, 0.25) is 0 Å². The highest BCUT2D eigenvalue weighted by molar-refractivity contribution is 7.09. The molecule has 3 rings (SSSR count). The van der Waals surface area contributed by atoms with Gasteiger partial charge in [0.05, 0.1) is 15.7 Å². The van der Waals surface area contributed by atoms with E-state index in [4.69, 9.17) is 16.6 Å². The van der Waals surface area contributed by atoms with Crippen LogP contribution < -0.4 is 0 Å². The van der Waals surface area contributed by atoms with Crippen LogP contribution in [0.4, 0.5) is 0 Å². The molecule has 1 saturated heterocycles. The first-order valence-electron chi connectivity index (χ1n) is 9.47. The van der Waals surface area contributed by atoms with Crippen LogP contribution in [-0.4, -0.2) is 56.7 Å². The molecule has 2 aromatic rings. The molecular weight excluding hydrogens is 382 g/mol. The molecule has 2 aromatic heterocycles. The minimum Gasteiger partial charge on any atom is -0.336 e. The first-order chi connectivity index (χ1) is 12.8. The van der Waals surface area contributed by atoms with Crippen molar-refractivity contribution in [3.8, 4) is 0 Å². The molecule has 8 heteroatoms. The van der Waals surface area contributed by atoms with Crippen molar-refractivity contribution < 1.29 is 4.79 Å². The van der Waals surface area contributed by atoms with Crippen molar-refractivity contribution in [2.45, 2.75) is 52.6 Å². The van der Waals surface area contributed by atoms with Crippen molar-refractivity contribution in [3.05, 3.63) is 33.0 Å². The van der Waals surface area contributed by atoms with Crippen molar-refractivity contribution in [3.63, 3.8) is 0 Å². The summed E-state index contributed by atoms with van der Waals surface area (Å²) in [5, 5.41) is 8.08. The van der Waals surface area contributed by atoms with Crippen LogP contribution in [0.5, 0.6) is 0 Å². The second-order valence-electron chi connectivity index (χ2n) is 8.00. The van der Waals surface area contributed by atoms with Gasteiger partial charge in [0, 0.05) is 56.3 Å². The number of carbonyl (C=O) groups is 1. The van der Waals surface area contributed by atoms with E-state index in [9.17, 15) is 4.79 Å². The second-order valence-corrected chi connectivity index (χ2v) is 9.26. The quantitative estimate of drug-likeness (QED) is 0.773. The van der Waals surface area contributed by atoms with E-state index in [1.165, 1.54) is 5.01 Å². The van der Waals surface area contributed by atoms with Gasteiger partial charge < -0.3 is 4.90 Å². The fourth-order valence-corrected chi connectivity index (χ4v) is 4.27. The van der Waals surface area contributed by atoms with E-state index in [0.717, 1.165) is 38.3 Å². The Morgan fingerprint density at radius 1 is 1.26 bits per heavy atom. The predicted molar refractivity (Wildman–Crippen MR) is 110 cm³/mol. The molecule has 0 spiro atoms. The van der Waals surface area contributed by atoms with Crippen LogP contribution in [0.15, 0.2) is 11.6 Å². The van der Waals surface area contributed by atoms with Gasteiger partial charge >= 0.3 is 0 Å². The van der Waals surface area contributed by atoms with Crippen LogP contribution in [0.1, 0.15) is 55.3 Å². The van der Waals surface area contributed by atoms with Crippen molar-refractivity contribution in [1.82, 2.24) is 24.6 Å². The summed E-state index contributed by atoms with van der Waals surface area (Å²) in [6, 6.07) is 0. The molecule has 27 heavy (non-hydrogen) atoms. The standard InChI is InChI=1S/C19H28ClN5OS/c1-5-25-12-15(20)16(22-25)17(26)24-8-6-7-23(9-10-24)11-14-13-27-18(21-14)19(2,3)4/h12-13H,5-11H2,1-4H3. The summed E-state index contributed by atoms with van der Waals surface area (Å²) in [5.74, 6) is -0.0715. The molecule has 1 amide bonds. The third-order valence-electron chi connectivity index (χ3n) is 4.70. The molecule has 1 aliphatic heterocycles. The van der Waals surface area contributed by atoms with Crippen molar-refractivity contribution in [2.75, 3.05) is 26.2 Å². The Kier molecular flexibility index (Phi) is 6.23. The molecular formula is C19H28ClN5OS. The first kappa shape index (κ1) is 20.3. The molecule has 1 aliphatic rings. The molecule has 6 nitrogen and oxygen atoms in total. The third kappa shape index (κ3) is 4.89. The molecule has 0 saturated carbocycles. The number of carbonyl (C=O) groups excluding carboxylic acids is 1. The fourth-order valence-electron chi connectivity index (χ4n) is 3.14. The minimum atomic E-state index is -0.0715. The number of aryl methyl sites for hydroxylation is 1. The summed E-state index contributed by atoms with van der Waals surface area (Å²) in [6.45, 7) is 13.3.